The largest absolute Gasteiger partial charge is 0.368 e. The van der Waals surface area contributed by atoms with Crippen LogP contribution in [0.1, 0.15) is 69.2 Å². The highest BCUT2D eigenvalue weighted by atomic mass is 19.1. The predicted molar refractivity (Wildman–Crippen MR) is 136 cm³/mol. The van der Waals surface area contributed by atoms with Crippen molar-refractivity contribution >= 4 is 22.6 Å². The number of pyridine rings is 2. The van der Waals surface area contributed by atoms with Gasteiger partial charge in [0.05, 0.1) is 16.6 Å². The number of carbonyl (C=O) groups is 1. The molecule has 2 aromatic heterocycles. The maximum Gasteiger partial charge on any atom is 0.201 e. The average Bonchev–Trinajstić information content (AvgIpc) is 2.78. The molecule has 4 aliphatic rings. The van der Waals surface area contributed by atoms with Crippen molar-refractivity contribution < 1.29 is 13.6 Å². The molecule has 4 fully saturated rings. The summed E-state index contributed by atoms with van der Waals surface area (Å²) in [6.07, 6.45) is 8.77. The average molecular weight is 492 g/mol. The summed E-state index contributed by atoms with van der Waals surface area (Å²) in [7, 11) is 0. The molecule has 0 radical (unpaired) electrons. The highest BCUT2D eigenvalue weighted by Crippen LogP contribution is 2.61. The van der Waals surface area contributed by atoms with E-state index in [1.54, 1.807) is 12.1 Å². The number of Topliss-reactive ketones (excluding diaryl/α,β-unsaturated/α-hetero) is 1. The van der Waals surface area contributed by atoms with Crippen LogP contribution in [-0.2, 0) is 0 Å². The number of halogens is 2. The first kappa shape index (κ1) is 23.3. The Bertz CT molecular complexity index is 1390. The molecule has 0 unspecified atom stereocenters. The summed E-state index contributed by atoms with van der Waals surface area (Å²) in [6, 6.07) is 6.70. The Balaban J connectivity index is 1.46. The fourth-order valence-electron chi connectivity index (χ4n) is 7.58. The van der Waals surface area contributed by atoms with Crippen molar-refractivity contribution in [2.45, 2.75) is 64.8 Å². The van der Waals surface area contributed by atoms with Gasteiger partial charge in [-0.2, -0.15) is 0 Å². The Morgan fingerprint density at radius 3 is 2.36 bits per heavy atom. The minimum Gasteiger partial charge on any atom is -0.368 e. The molecule has 7 heteroatoms. The van der Waals surface area contributed by atoms with Gasteiger partial charge in [0.25, 0.3) is 0 Å². The zero-order valence-electron chi connectivity index (χ0n) is 20.7. The SMILES string of the molecule is CC(C)Nc1ccc2c(=O)c(C(=O)CC34CC5CC(CC(C5)C3)C4)cn(-c3ccc(F)cc3F)c2n1. The van der Waals surface area contributed by atoms with E-state index in [1.165, 1.54) is 36.1 Å². The summed E-state index contributed by atoms with van der Waals surface area (Å²) in [4.78, 5) is 31.9. The molecule has 1 aromatic carbocycles. The fraction of sp³-hybridized carbons (Fsp3) is 0.483. The van der Waals surface area contributed by atoms with E-state index in [-0.39, 0.29) is 45.0 Å². The third-order valence-corrected chi connectivity index (χ3v) is 8.46. The van der Waals surface area contributed by atoms with Gasteiger partial charge in [0.2, 0.25) is 5.43 Å². The number of hydrogen-bond acceptors (Lipinski definition) is 4. The number of nitrogens with one attached hydrogen (secondary N) is 1. The first-order valence-corrected chi connectivity index (χ1v) is 13.0. The van der Waals surface area contributed by atoms with Crippen LogP contribution in [0.4, 0.5) is 14.6 Å². The molecule has 188 valence electrons. The van der Waals surface area contributed by atoms with Crippen molar-refractivity contribution in [3.63, 3.8) is 0 Å². The van der Waals surface area contributed by atoms with Gasteiger partial charge in [0, 0.05) is 24.7 Å². The normalized spacial score (nSPS) is 26.6. The number of ketones is 1. The van der Waals surface area contributed by atoms with Crippen molar-refractivity contribution in [2.24, 2.45) is 23.2 Å². The summed E-state index contributed by atoms with van der Waals surface area (Å²) < 4.78 is 30.0. The molecule has 36 heavy (non-hydrogen) atoms. The molecule has 0 aliphatic heterocycles. The lowest BCUT2D eigenvalue weighted by atomic mass is 9.48. The Kier molecular flexibility index (Phi) is 5.50. The van der Waals surface area contributed by atoms with Crippen molar-refractivity contribution in [2.75, 3.05) is 5.32 Å². The van der Waals surface area contributed by atoms with Crippen LogP contribution >= 0.6 is 0 Å². The summed E-state index contributed by atoms with van der Waals surface area (Å²) in [6.45, 7) is 3.93. The summed E-state index contributed by atoms with van der Waals surface area (Å²) in [5, 5.41) is 3.43. The lowest BCUT2D eigenvalue weighted by Crippen LogP contribution is -2.47. The molecule has 7 rings (SSSR count). The maximum atomic E-state index is 14.9. The molecule has 1 N–H and O–H groups in total. The van der Waals surface area contributed by atoms with Crippen molar-refractivity contribution in [3.05, 3.63) is 63.9 Å². The van der Waals surface area contributed by atoms with E-state index in [4.69, 9.17) is 0 Å². The van der Waals surface area contributed by atoms with E-state index < -0.39 is 11.6 Å². The summed E-state index contributed by atoms with van der Waals surface area (Å²) in [5.41, 5.74) is -0.0972. The van der Waals surface area contributed by atoms with Crippen LogP contribution in [0.25, 0.3) is 16.7 Å². The molecule has 0 saturated heterocycles. The van der Waals surface area contributed by atoms with E-state index >= 15 is 0 Å². The molecule has 4 bridgehead atoms. The number of carbonyl (C=O) groups excluding carboxylic acids is 1. The Hall–Kier alpha value is -3.09. The second-order valence-electron chi connectivity index (χ2n) is 11.7. The van der Waals surface area contributed by atoms with Gasteiger partial charge in [-0.3, -0.25) is 14.2 Å². The van der Waals surface area contributed by atoms with Crippen LogP contribution in [0.2, 0.25) is 0 Å². The quantitative estimate of drug-likeness (QED) is 0.413. The van der Waals surface area contributed by atoms with Gasteiger partial charge in [-0.15, -0.1) is 0 Å². The second-order valence-corrected chi connectivity index (χ2v) is 11.7. The van der Waals surface area contributed by atoms with E-state index in [0.29, 0.717) is 30.0 Å². The topological polar surface area (TPSA) is 64.0 Å². The standard InChI is InChI=1S/C29H31F2N3O2/c1-16(2)32-26-6-4-21-27(36)22(15-34(28(21)33-26)24-5-3-20(30)10-23(24)31)25(35)14-29-11-17-7-18(12-29)9-19(8-17)13-29/h3-6,10,15-19H,7-9,11-14H2,1-2H3,(H,32,33). The molecular weight excluding hydrogens is 460 g/mol. The lowest BCUT2D eigenvalue weighted by Gasteiger charge is -2.56. The lowest BCUT2D eigenvalue weighted by molar-refractivity contribution is -0.0524. The predicted octanol–water partition coefficient (Wildman–Crippen LogP) is 6.27. The third-order valence-electron chi connectivity index (χ3n) is 8.46. The van der Waals surface area contributed by atoms with Gasteiger partial charge < -0.3 is 5.32 Å². The number of rotatable bonds is 6. The van der Waals surface area contributed by atoms with Crippen molar-refractivity contribution in [3.8, 4) is 5.69 Å². The van der Waals surface area contributed by atoms with Gasteiger partial charge >= 0.3 is 0 Å². The Labute approximate surface area is 208 Å². The number of fused-ring (bicyclic) bond motifs is 1. The molecule has 2 heterocycles. The van der Waals surface area contributed by atoms with E-state index in [0.717, 1.165) is 31.4 Å². The smallest absolute Gasteiger partial charge is 0.201 e. The van der Waals surface area contributed by atoms with Crippen molar-refractivity contribution in [1.82, 2.24) is 9.55 Å². The zero-order valence-corrected chi connectivity index (χ0v) is 20.7. The Morgan fingerprint density at radius 2 is 1.75 bits per heavy atom. The first-order chi connectivity index (χ1) is 17.2. The molecule has 4 saturated carbocycles. The minimum atomic E-state index is -0.788. The second kappa shape index (κ2) is 8.49. The molecule has 0 amide bonds. The molecule has 4 aliphatic carbocycles. The Morgan fingerprint density at radius 1 is 1.08 bits per heavy atom. The van der Waals surface area contributed by atoms with Crippen LogP contribution in [0.5, 0.6) is 0 Å². The highest BCUT2D eigenvalue weighted by Gasteiger charge is 2.51. The number of anilines is 1. The van der Waals surface area contributed by atoms with Gasteiger partial charge in [0.15, 0.2) is 11.4 Å². The van der Waals surface area contributed by atoms with Crippen LogP contribution in [-0.4, -0.2) is 21.4 Å². The minimum absolute atomic E-state index is 0.0253. The van der Waals surface area contributed by atoms with Gasteiger partial charge in [0.1, 0.15) is 17.5 Å². The van der Waals surface area contributed by atoms with Crippen LogP contribution in [0.3, 0.4) is 0 Å². The zero-order chi connectivity index (χ0) is 25.2. The molecule has 5 nitrogen and oxygen atoms in total. The maximum absolute atomic E-state index is 14.9. The van der Waals surface area contributed by atoms with E-state index in [1.807, 2.05) is 13.8 Å². The molecule has 0 spiro atoms. The molecular formula is C29H31F2N3O2. The monoisotopic (exact) mass is 491 g/mol. The third kappa shape index (κ3) is 4.02. The number of aromatic nitrogens is 2. The van der Waals surface area contributed by atoms with Crippen LogP contribution in [0.15, 0.2) is 41.3 Å². The van der Waals surface area contributed by atoms with Crippen LogP contribution in [0, 0.1) is 34.8 Å². The van der Waals surface area contributed by atoms with E-state index in [9.17, 15) is 18.4 Å². The fourth-order valence-corrected chi connectivity index (χ4v) is 7.58. The molecule has 0 atom stereocenters. The number of benzene rings is 1. The first-order valence-electron chi connectivity index (χ1n) is 13.0. The van der Waals surface area contributed by atoms with Gasteiger partial charge in [-0.25, -0.2) is 13.8 Å². The summed E-state index contributed by atoms with van der Waals surface area (Å²) in [5.74, 6) is 0.939. The van der Waals surface area contributed by atoms with E-state index in [2.05, 4.69) is 10.3 Å². The van der Waals surface area contributed by atoms with Gasteiger partial charge in [-0.1, -0.05) is 0 Å². The number of hydrogen-bond donors (Lipinski definition) is 1. The molecule has 3 aromatic rings. The van der Waals surface area contributed by atoms with Gasteiger partial charge in [-0.05, 0) is 99.8 Å². The van der Waals surface area contributed by atoms with Crippen LogP contribution < -0.4 is 10.7 Å². The van der Waals surface area contributed by atoms with Crippen molar-refractivity contribution in [1.29, 1.82) is 0 Å². The summed E-state index contributed by atoms with van der Waals surface area (Å²) >= 11 is 0. The number of nitrogens with zero attached hydrogens (tertiary/aromatic N) is 2. The highest BCUT2D eigenvalue weighted by molar-refractivity contribution is 5.99.